The van der Waals surface area contributed by atoms with Gasteiger partial charge in [0.15, 0.2) is 6.10 Å². The number of hydrogen-bond donors (Lipinski definition) is 1. The number of ether oxygens (including phenoxy) is 1. The summed E-state index contributed by atoms with van der Waals surface area (Å²) in [7, 11) is 0. The van der Waals surface area contributed by atoms with Gasteiger partial charge in [0, 0.05) is 17.2 Å². The summed E-state index contributed by atoms with van der Waals surface area (Å²) in [5.74, 6) is 0.0430. The number of nitrogens with one attached hydrogen (secondary N) is 1. The van der Waals surface area contributed by atoms with Gasteiger partial charge in [-0.05, 0) is 36.8 Å². The van der Waals surface area contributed by atoms with Crippen molar-refractivity contribution in [2.24, 2.45) is 0 Å². The Kier molecular flexibility index (Phi) is 6.00. The third-order valence-electron chi connectivity index (χ3n) is 3.17. The van der Waals surface area contributed by atoms with E-state index in [-0.39, 0.29) is 16.4 Å². The second-order valence-corrected chi connectivity index (χ2v) is 5.72. The first kappa shape index (κ1) is 18.0. The minimum atomic E-state index is -0.776. The van der Waals surface area contributed by atoms with Gasteiger partial charge in [0.2, 0.25) is 0 Å². The molecule has 0 fully saturated rings. The molecule has 0 spiro atoms. The molecular weight excluding hydrogens is 355 g/mol. The van der Waals surface area contributed by atoms with Gasteiger partial charge >= 0.3 is 0 Å². The maximum Gasteiger partial charge on any atom is 0.271 e. The van der Waals surface area contributed by atoms with Gasteiger partial charge in [-0.15, -0.1) is 0 Å². The fraction of sp³-hybridized carbons (Fsp3) is 0.188. The summed E-state index contributed by atoms with van der Waals surface area (Å²) in [5.41, 5.74) is -0.00427. The van der Waals surface area contributed by atoms with Crippen molar-refractivity contribution in [1.82, 2.24) is 0 Å². The smallest absolute Gasteiger partial charge is 0.271 e. The Morgan fingerprint density at radius 2 is 1.92 bits per heavy atom. The number of carbonyl (C=O) groups is 1. The van der Waals surface area contributed by atoms with Crippen LogP contribution in [0.2, 0.25) is 10.0 Å². The van der Waals surface area contributed by atoms with Crippen molar-refractivity contribution in [2.45, 2.75) is 19.4 Å². The molecule has 0 saturated heterocycles. The van der Waals surface area contributed by atoms with Crippen LogP contribution in [0.4, 0.5) is 11.4 Å². The monoisotopic (exact) mass is 368 g/mol. The van der Waals surface area contributed by atoms with E-state index in [1.54, 1.807) is 31.2 Å². The molecule has 0 aromatic heterocycles. The van der Waals surface area contributed by atoms with Crippen LogP contribution in [0.15, 0.2) is 42.5 Å². The van der Waals surface area contributed by atoms with Crippen molar-refractivity contribution in [2.75, 3.05) is 5.32 Å². The van der Waals surface area contributed by atoms with E-state index in [4.69, 9.17) is 27.9 Å². The van der Waals surface area contributed by atoms with Crippen LogP contribution in [0, 0.1) is 10.1 Å². The molecule has 6 nitrogen and oxygen atoms in total. The zero-order valence-electron chi connectivity index (χ0n) is 12.7. The molecule has 0 aliphatic heterocycles. The van der Waals surface area contributed by atoms with Crippen LogP contribution in [0.1, 0.15) is 13.3 Å². The summed E-state index contributed by atoms with van der Waals surface area (Å²) >= 11 is 11.8. The predicted octanol–water partition coefficient (Wildman–Crippen LogP) is 4.70. The molecule has 1 atom stereocenters. The highest BCUT2D eigenvalue weighted by Crippen LogP contribution is 2.27. The standard InChI is InChI=1S/C16H14Cl2N2O4/c1-2-15(24-12-6-3-10(17)4-7-12)16(21)19-14-9-11(20(22)23)5-8-13(14)18/h3-9,15H,2H2,1H3,(H,19,21)/t15-/m0/s1. The van der Waals surface area contributed by atoms with Crippen LogP contribution in [0.25, 0.3) is 0 Å². The predicted molar refractivity (Wildman–Crippen MR) is 92.9 cm³/mol. The number of rotatable bonds is 6. The molecule has 0 unspecified atom stereocenters. The molecule has 0 bridgehead atoms. The van der Waals surface area contributed by atoms with Gasteiger partial charge < -0.3 is 10.1 Å². The highest BCUT2D eigenvalue weighted by molar-refractivity contribution is 6.33. The van der Waals surface area contributed by atoms with Crippen LogP contribution >= 0.6 is 23.2 Å². The Morgan fingerprint density at radius 1 is 1.25 bits per heavy atom. The van der Waals surface area contributed by atoms with Crippen molar-refractivity contribution in [3.05, 3.63) is 62.6 Å². The molecule has 0 radical (unpaired) electrons. The lowest BCUT2D eigenvalue weighted by Crippen LogP contribution is -2.32. The molecular formula is C16H14Cl2N2O4. The fourth-order valence-electron chi connectivity index (χ4n) is 1.94. The summed E-state index contributed by atoms with van der Waals surface area (Å²) in [6.07, 6.45) is -0.373. The Morgan fingerprint density at radius 3 is 2.50 bits per heavy atom. The zero-order valence-corrected chi connectivity index (χ0v) is 14.2. The normalized spacial score (nSPS) is 11.6. The molecule has 2 aromatic carbocycles. The van der Waals surface area contributed by atoms with Crippen LogP contribution < -0.4 is 10.1 Å². The number of nitrogens with zero attached hydrogens (tertiary/aromatic N) is 1. The molecule has 126 valence electrons. The van der Waals surface area contributed by atoms with Gasteiger partial charge in [0.05, 0.1) is 15.6 Å². The van der Waals surface area contributed by atoms with Crippen LogP contribution in [-0.4, -0.2) is 16.9 Å². The third kappa shape index (κ3) is 4.59. The van der Waals surface area contributed by atoms with Crippen molar-refractivity contribution >= 4 is 40.5 Å². The molecule has 1 N–H and O–H groups in total. The Balaban J connectivity index is 2.13. The molecule has 1 amide bonds. The van der Waals surface area contributed by atoms with E-state index < -0.39 is 16.9 Å². The van der Waals surface area contributed by atoms with E-state index in [2.05, 4.69) is 5.32 Å². The summed E-state index contributed by atoms with van der Waals surface area (Å²) in [4.78, 5) is 22.6. The first-order valence-corrected chi connectivity index (χ1v) is 7.83. The molecule has 24 heavy (non-hydrogen) atoms. The maximum absolute atomic E-state index is 12.4. The van der Waals surface area contributed by atoms with Crippen molar-refractivity contribution in [1.29, 1.82) is 0 Å². The van der Waals surface area contributed by atoms with E-state index in [1.165, 1.54) is 18.2 Å². The number of hydrogen-bond acceptors (Lipinski definition) is 4. The number of nitro groups is 1. The van der Waals surface area contributed by atoms with Gasteiger partial charge in [-0.1, -0.05) is 30.1 Å². The lowest BCUT2D eigenvalue weighted by molar-refractivity contribution is -0.384. The second kappa shape index (κ2) is 7.99. The van der Waals surface area contributed by atoms with E-state index in [0.29, 0.717) is 17.2 Å². The molecule has 0 heterocycles. The van der Waals surface area contributed by atoms with Gasteiger partial charge in [0.25, 0.3) is 11.6 Å². The number of benzene rings is 2. The lowest BCUT2D eigenvalue weighted by Gasteiger charge is -2.17. The summed E-state index contributed by atoms with van der Waals surface area (Å²) in [5, 5.41) is 14.1. The zero-order chi connectivity index (χ0) is 17.7. The lowest BCUT2D eigenvalue weighted by atomic mass is 10.2. The van der Waals surface area contributed by atoms with Gasteiger partial charge in [-0.3, -0.25) is 14.9 Å². The molecule has 0 aliphatic carbocycles. The van der Waals surface area contributed by atoms with Crippen molar-refractivity contribution in [3.8, 4) is 5.75 Å². The van der Waals surface area contributed by atoms with Crippen molar-refractivity contribution in [3.63, 3.8) is 0 Å². The molecule has 0 aliphatic rings. The molecule has 0 saturated carbocycles. The Bertz CT molecular complexity index is 750. The van der Waals surface area contributed by atoms with Crippen molar-refractivity contribution < 1.29 is 14.5 Å². The van der Waals surface area contributed by atoms with Gasteiger partial charge in [-0.2, -0.15) is 0 Å². The van der Waals surface area contributed by atoms with Gasteiger partial charge in [-0.25, -0.2) is 0 Å². The number of nitro benzene ring substituents is 1. The average Bonchev–Trinajstić information content (AvgIpc) is 2.56. The number of anilines is 1. The number of non-ortho nitro benzene ring substituents is 1. The fourth-order valence-corrected chi connectivity index (χ4v) is 2.23. The highest BCUT2D eigenvalue weighted by Gasteiger charge is 2.20. The van der Waals surface area contributed by atoms with E-state index >= 15 is 0 Å². The largest absolute Gasteiger partial charge is 0.481 e. The minimum Gasteiger partial charge on any atom is -0.481 e. The Labute approximate surface area is 148 Å². The highest BCUT2D eigenvalue weighted by atomic mass is 35.5. The SMILES string of the molecule is CC[C@H](Oc1ccc(Cl)cc1)C(=O)Nc1cc([N+](=O)[O-])ccc1Cl. The van der Waals surface area contributed by atoms with E-state index in [0.717, 1.165) is 0 Å². The first-order chi connectivity index (χ1) is 11.4. The number of amides is 1. The maximum atomic E-state index is 12.4. The second-order valence-electron chi connectivity index (χ2n) is 4.88. The number of carbonyl (C=O) groups excluding carboxylic acids is 1. The molecule has 2 aromatic rings. The topological polar surface area (TPSA) is 81.5 Å². The van der Waals surface area contributed by atoms with E-state index in [1.807, 2.05) is 0 Å². The van der Waals surface area contributed by atoms with Crippen LogP contribution in [0.3, 0.4) is 0 Å². The Hall–Kier alpha value is -2.31. The van der Waals surface area contributed by atoms with Gasteiger partial charge in [0.1, 0.15) is 5.75 Å². The summed E-state index contributed by atoms with van der Waals surface area (Å²) in [6, 6.07) is 10.4. The third-order valence-corrected chi connectivity index (χ3v) is 3.76. The van der Waals surface area contributed by atoms with Crippen LogP contribution in [0.5, 0.6) is 5.75 Å². The molecule has 8 heteroatoms. The quantitative estimate of drug-likeness (QED) is 0.591. The first-order valence-electron chi connectivity index (χ1n) is 7.07. The summed E-state index contributed by atoms with van der Waals surface area (Å²) in [6.45, 7) is 1.79. The number of halogens is 2. The summed E-state index contributed by atoms with van der Waals surface area (Å²) < 4.78 is 5.62. The minimum absolute atomic E-state index is 0.161. The molecule has 2 rings (SSSR count). The van der Waals surface area contributed by atoms with E-state index in [9.17, 15) is 14.9 Å². The van der Waals surface area contributed by atoms with Crippen LogP contribution in [-0.2, 0) is 4.79 Å². The average molecular weight is 369 g/mol.